The van der Waals surface area contributed by atoms with Gasteiger partial charge in [0.25, 0.3) is 0 Å². The van der Waals surface area contributed by atoms with Crippen molar-refractivity contribution in [1.82, 2.24) is 30.2 Å². The van der Waals surface area contributed by atoms with Crippen molar-refractivity contribution in [3.8, 4) is 23.6 Å². The van der Waals surface area contributed by atoms with Crippen LogP contribution in [0.5, 0.6) is 11.5 Å². The van der Waals surface area contributed by atoms with E-state index in [9.17, 15) is 15.3 Å². The van der Waals surface area contributed by atoms with Crippen molar-refractivity contribution < 1.29 is 14.3 Å². The highest BCUT2D eigenvalue weighted by Crippen LogP contribution is 2.29. The fourth-order valence-corrected chi connectivity index (χ4v) is 8.68. The van der Waals surface area contributed by atoms with Gasteiger partial charge in [-0.15, -0.1) is 0 Å². The third-order valence-corrected chi connectivity index (χ3v) is 12.0. The normalized spacial score (nSPS) is 12.1. The summed E-state index contributed by atoms with van der Waals surface area (Å²) in [5, 5.41) is 25.9. The molecule has 0 saturated carbocycles. The second kappa shape index (κ2) is 18.5. The van der Waals surface area contributed by atoms with Gasteiger partial charge >= 0.3 is 0 Å². The summed E-state index contributed by atoms with van der Waals surface area (Å²) in [6, 6.07) is 54.6. The zero-order valence-corrected chi connectivity index (χ0v) is 36.5. The summed E-state index contributed by atoms with van der Waals surface area (Å²) in [6.45, 7) is 0.963. The van der Waals surface area contributed by atoms with Crippen LogP contribution in [0.15, 0.2) is 164 Å². The van der Waals surface area contributed by atoms with Crippen molar-refractivity contribution in [3.05, 3.63) is 247 Å². The fourth-order valence-electron chi connectivity index (χ4n) is 8.68. The van der Waals surface area contributed by atoms with Crippen LogP contribution in [0.4, 0.5) is 0 Å². The average Bonchev–Trinajstić information content (AvgIpc) is 4.24. The summed E-state index contributed by atoms with van der Waals surface area (Å²) < 4.78 is 11.7. The average molecular weight is 877 g/mol. The van der Waals surface area contributed by atoms with Crippen molar-refractivity contribution in [2.75, 3.05) is 20.3 Å². The Morgan fingerprint density at radius 3 is 1.33 bits per heavy atom. The SMILES string of the molecule is COc1ccc(C2=c3ccc([nH]3)=C(c3ccc(C#N)cc3)c3ccc([nH]3)C(c3ccc(OCCCNC(=O)Cc4cc[nH]c4)cc3)=c3ccc([nH]3)=C(c3ccc(C#N)cc3)c3ccc2[nH]3)cc1. The molecule has 0 fully saturated rings. The number of fused-ring (bicyclic) bond motifs is 8. The summed E-state index contributed by atoms with van der Waals surface area (Å²) in [5.41, 5.74) is 13.2. The molecule has 0 saturated heterocycles. The number of ether oxygens (including phenoxy) is 2. The molecular formula is C56H44N8O3. The number of nitrogens with one attached hydrogen (secondary N) is 6. The number of H-pyrrole nitrogens is 5. The maximum atomic E-state index is 12.4. The molecule has 11 nitrogen and oxygen atoms in total. The number of amides is 1. The number of aromatic nitrogens is 5. The van der Waals surface area contributed by atoms with Gasteiger partial charge < -0.3 is 39.7 Å². The van der Waals surface area contributed by atoms with Crippen LogP contribution in [0.3, 0.4) is 0 Å². The molecule has 10 rings (SSSR count). The molecule has 4 aromatic carbocycles. The van der Waals surface area contributed by atoms with Crippen molar-refractivity contribution in [1.29, 1.82) is 10.5 Å². The van der Waals surface area contributed by atoms with Gasteiger partial charge in [-0.05, 0) is 137 Å². The lowest BCUT2D eigenvalue weighted by molar-refractivity contribution is -0.120. The minimum Gasteiger partial charge on any atom is -0.497 e. The molecule has 11 heteroatoms. The number of carbonyl (C=O) groups excluding carboxylic acids is 1. The first-order chi connectivity index (χ1) is 32.9. The highest BCUT2D eigenvalue weighted by Gasteiger charge is 2.19. The number of nitriles is 2. The Hall–Kier alpha value is -9.19. The minimum atomic E-state index is -0.0221. The summed E-state index contributed by atoms with van der Waals surface area (Å²) in [6.07, 6.45) is 4.64. The van der Waals surface area contributed by atoms with Gasteiger partial charge in [0.05, 0.1) is 43.4 Å². The molecule has 9 aromatic rings. The molecule has 1 aliphatic rings. The molecule has 1 amide bonds. The Morgan fingerprint density at radius 2 is 0.940 bits per heavy atom. The number of hydrogen-bond donors (Lipinski definition) is 6. The topological polar surface area (TPSA) is 174 Å². The largest absolute Gasteiger partial charge is 0.497 e. The van der Waals surface area contributed by atoms with Gasteiger partial charge in [0.1, 0.15) is 11.5 Å². The van der Waals surface area contributed by atoms with Crippen molar-refractivity contribution in [2.24, 2.45) is 0 Å². The molecule has 326 valence electrons. The molecule has 6 N–H and O–H groups in total. The first kappa shape index (κ1) is 41.8. The second-order valence-corrected chi connectivity index (χ2v) is 16.2. The second-order valence-electron chi connectivity index (χ2n) is 16.2. The third-order valence-electron chi connectivity index (χ3n) is 12.0. The molecule has 6 heterocycles. The summed E-state index contributed by atoms with van der Waals surface area (Å²) in [7, 11) is 1.66. The number of aromatic amines is 5. The zero-order valence-electron chi connectivity index (χ0n) is 36.5. The molecule has 0 radical (unpaired) electrons. The zero-order chi connectivity index (χ0) is 45.7. The van der Waals surface area contributed by atoms with Crippen LogP contribution in [0.1, 0.15) is 68.1 Å². The fraction of sp³-hybridized carbons (Fsp3) is 0.0893. The van der Waals surface area contributed by atoms with E-state index in [0.717, 1.165) is 106 Å². The monoisotopic (exact) mass is 876 g/mol. The first-order valence-electron chi connectivity index (χ1n) is 22.0. The molecule has 0 spiro atoms. The molecular weight excluding hydrogens is 833 g/mol. The molecule has 0 unspecified atom stereocenters. The van der Waals surface area contributed by atoms with Crippen LogP contribution in [-0.2, 0) is 11.2 Å². The number of carbonyl (C=O) groups is 1. The Kier molecular flexibility index (Phi) is 11.5. The third kappa shape index (κ3) is 8.73. The molecule has 0 aliphatic carbocycles. The van der Waals surface area contributed by atoms with E-state index in [2.05, 4.69) is 115 Å². The van der Waals surface area contributed by atoms with Crippen LogP contribution in [0.2, 0.25) is 0 Å². The Labute approximate surface area is 385 Å². The first-order valence-corrected chi connectivity index (χ1v) is 22.0. The lowest BCUT2D eigenvalue weighted by Gasteiger charge is -2.11. The van der Waals surface area contributed by atoms with Crippen LogP contribution < -0.4 is 36.2 Å². The summed E-state index contributed by atoms with van der Waals surface area (Å²) in [5.74, 6) is 1.46. The molecule has 67 heavy (non-hydrogen) atoms. The lowest BCUT2D eigenvalue weighted by atomic mass is 10.0. The smallest absolute Gasteiger partial charge is 0.224 e. The van der Waals surface area contributed by atoms with Crippen LogP contribution in [0, 0.1) is 22.7 Å². The Balaban J connectivity index is 1.12. The van der Waals surface area contributed by atoms with Gasteiger partial charge in [-0.25, -0.2) is 0 Å². The van der Waals surface area contributed by atoms with Crippen molar-refractivity contribution in [2.45, 2.75) is 12.8 Å². The van der Waals surface area contributed by atoms with E-state index in [1.807, 2.05) is 91.3 Å². The molecule has 0 atom stereocenters. The lowest BCUT2D eigenvalue weighted by Crippen LogP contribution is -2.26. The number of methoxy groups -OCH3 is 1. The molecule has 8 bridgehead atoms. The van der Waals surface area contributed by atoms with Crippen LogP contribution >= 0.6 is 0 Å². The Morgan fingerprint density at radius 1 is 0.522 bits per heavy atom. The van der Waals surface area contributed by atoms with Gasteiger partial charge in [0.2, 0.25) is 5.91 Å². The maximum Gasteiger partial charge on any atom is 0.224 e. The molecule has 1 aliphatic heterocycles. The standard InChI is InChI=1S/C56H44N8O3/c1-66-42-15-11-40(12-16-42)55-48-23-19-44(61-48)53(38-7-3-35(32-57)4-8-38)46-21-25-50(63-46)56(41-13-17-43(18-14-41)67-30-2-28-60-52(65)31-37-27-29-59-34-37)51-26-22-47(64-51)54(45-20-24-49(55)62-45)39-9-5-36(33-58)6-10-39/h3-27,29,34,59,61-64H,2,28,30-31H2,1H3,(H,60,65). The quantitative estimate of drug-likeness (QED) is 0.0767. The van der Waals surface area contributed by atoms with E-state index < -0.39 is 0 Å². The van der Waals surface area contributed by atoms with Gasteiger partial charge in [-0.1, -0.05) is 48.5 Å². The number of hydrogen-bond acceptors (Lipinski definition) is 5. The predicted octanol–water partition coefficient (Wildman–Crippen LogP) is 6.51. The van der Waals surface area contributed by atoms with Crippen LogP contribution in [-0.4, -0.2) is 51.1 Å². The Bertz CT molecular complexity index is 3570. The van der Waals surface area contributed by atoms with E-state index in [0.29, 0.717) is 37.1 Å². The number of nitrogens with zero attached hydrogens (tertiary/aromatic N) is 2. The molecule has 5 aromatic heterocycles. The van der Waals surface area contributed by atoms with Gasteiger partial charge in [-0.2, -0.15) is 10.5 Å². The summed E-state index contributed by atoms with van der Waals surface area (Å²) in [4.78, 5) is 30.5. The predicted molar refractivity (Wildman–Crippen MR) is 257 cm³/mol. The van der Waals surface area contributed by atoms with Gasteiger partial charge in [-0.3, -0.25) is 4.79 Å². The van der Waals surface area contributed by atoms with Crippen molar-refractivity contribution in [3.63, 3.8) is 0 Å². The summed E-state index contributed by atoms with van der Waals surface area (Å²) >= 11 is 0. The maximum absolute atomic E-state index is 12.4. The van der Waals surface area contributed by atoms with E-state index >= 15 is 0 Å². The number of rotatable bonds is 12. The highest BCUT2D eigenvalue weighted by atomic mass is 16.5. The van der Waals surface area contributed by atoms with Gasteiger partial charge in [0.15, 0.2) is 0 Å². The van der Waals surface area contributed by atoms with E-state index in [-0.39, 0.29) is 5.91 Å². The minimum absolute atomic E-state index is 0.0221. The highest BCUT2D eigenvalue weighted by molar-refractivity contribution is 5.85. The van der Waals surface area contributed by atoms with Crippen LogP contribution in [0.25, 0.3) is 22.3 Å². The van der Waals surface area contributed by atoms with E-state index in [4.69, 9.17) is 9.47 Å². The van der Waals surface area contributed by atoms with Crippen molar-refractivity contribution >= 4 is 28.2 Å². The van der Waals surface area contributed by atoms with E-state index in [1.165, 1.54) is 0 Å². The van der Waals surface area contributed by atoms with E-state index in [1.54, 1.807) is 7.11 Å². The van der Waals surface area contributed by atoms with Gasteiger partial charge in [0, 0.05) is 85.4 Å². The number of benzene rings is 4.